The summed E-state index contributed by atoms with van der Waals surface area (Å²) in [7, 11) is 0. The molecule has 0 fully saturated rings. The first-order valence-electron chi connectivity index (χ1n) is 3.56. The third-order valence-electron chi connectivity index (χ3n) is 1.18. The fourth-order valence-electron chi connectivity index (χ4n) is 0.690. The lowest BCUT2D eigenvalue weighted by Crippen LogP contribution is -2.27. The van der Waals surface area contributed by atoms with Crippen LogP contribution in [0.25, 0.3) is 0 Å². The van der Waals surface area contributed by atoms with Crippen molar-refractivity contribution in [1.82, 2.24) is 4.90 Å². The Balaban J connectivity index is 3.75. The molecule has 1 N–H and O–H groups in total. The average molecular weight is 154 g/mol. The number of nitrogens with one attached hydrogen (secondary N) is 1. The van der Waals surface area contributed by atoms with E-state index in [9.17, 15) is 4.79 Å². The summed E-state index contributed by atoms with van der Waals surface area (Å²) in [5.74, 6) is 0.0815. The van der Waals surface area contributed by atoms with Gasteiger partial charge in [-0.05, 0) is 13.8 Å². The molecule has 0 radical (unpaired) electrons. The molecule has 11 heavy (non-hydrogen) atoms. The number of rotatable bonds is 5. The Morgan fingerprint density at radius 2 is 2.27 bits per heavy atom. The van der Waals surface area contributed by atoms with Crippen LogP contribution in [0.3, 0.4) is 0 Å². The van der Waals surface area contributed by atoms with Crippen LogP contribution in [0.4, 0.5) is 0 Å². The van der Waals surface area contributed by atoms with Gasteiger partial charge in [0.1, 0.15) is 5.78 Å². The molecule has 0 saturated heterocycles. The van der Waals surface area contributed by atoms with Crippen LogP contribution in [0.1, 0.15) is 13.8 Å². The molecule has 0 saturated carbocycles. The minimum atomic E-state index is 0.0815. The Morgan fingerprint density at radius 3 is 2.64 bits per heavy atom. The van der Waals surface area contributed by atoms with E-state index in [4.69, 9.17) is 5.41 Å². The summed E-state index contributed by atoms with van der Waals surface area (Å²) in [6.45, 7) is 4.40. The molecule has 0 amide bonds. The number of allylic oxidation sites excluding steroid dienone is 1. The highest BCUT2D eigenvalue weighted by atomic mass is 16.1. The highest BCUT2D eigenvalue weighted by Gasteiger charge is 1.98. The van der Waals surface area contributed by atoms with Gasteiger partial charge < -0.3 is 4.90 Å². The maximum Gasteiger partial charge on any atom is 0.149 e. The lowest BCUT2D eigenvalue weighted by Gasteiger charge is -2.13. The second-order valence-electron chi connectivity index (χ2n) is 2.33. The normalized spacial score (nSPS) is 10.0. The van der Waals surface area contributed by atoms with E-state index in [2.05, 4.69) is 0 Å². The molecule has 62 valence electrons. The maximum atomic E-state index is 10.6. The highest BCUT2D eigenvalue weighted by molar-refractivity contribution is 5.79. The van der Waals surface area contributed by atoms with Crippen LogP contribution in [0.15, 0.2) is 12.2 Å². The molecule has 0 aromatic rings. The summed E-state index contributed by atoms with van der Waals surface area (Å²) in [6.07, 6.45) is 4.99. The maximum absolute atomic E-state index is 10.6. The van der Waals surface area contributed by atoms with E-state index < -0.39 is 0 Å². The molecule has 0 aromatic heterocycles. The molecular formula is C8H14N2O. The summed E-state index contributed by atoms with van der Waals surface area (Å²) in [5, 5.41) is 6.95. The first-order valence-corrected chi connectivity index (χ1v) is 3.56. The molecule has 0 atom stereocenters. The van der Waals surface area contributed by atoms with E-state index in [1.165, 1.54) is 13.3 Å². The fraction of sp³-hybridized carbons (Fsp3) is 0.500. The van der Waals surface area contributed by atoms with Crippen molar-refractivity contribution in [3.05, 3.63) is 12.2 Å². The predicted molar refractivity (Wildman–Crippen MR) is 45.9 cm³/mol. The molecule has 3 nitrogen and oxygen atoms in total. The molecule has 0 aliphatic carbocycles. The zero-order valence-corrected chi connectivity index (χ0v) is 7.00. The van der Waals surface area contributed by atoms with Crippen LogP contribution in [-0.2, 0) is 4.79 Å². The Hall–Kier alpha value is -1.12. The number of hydrogen-bond donors (Lipinski definition) is 1. The van der Waals surface area contributed by atoms with Crippen LogP contribution in [0.5, 0.6) is 0 Å². The van der Waals surface area contributed by atoms with Crippen LogP contribution in [0, 0.1) is 5.41 Å². The van der Waals surface area contributed by atoms with Gasteiger partial charge in [-0.15, -0.1) is 0 Å². The number of ketones is 1. The quantitative estimate of drug-likeness (QED) is 0.365. The van der Waals surface area contributed by atoms with E-state index in [1.807, 2.05) is 19.1 Å². The van der Waals surface area contributed by atoms with Crippen molar-refractivity contribution >= 4 is 12.1 Å². The zero-order chi connectivity index (χ0) is 8.69. The second kappa shape index (κ2) is 5.65. The van der Waals surface area contributed by atoms with Crippen LogP contribution >= 0.6 is 0 Å². The van der Waals surface area contributed by atoms with Gasteiger partial charge in [0.05, 0.1) is 12.9 Å². The summed E-state index contributed by atoms with van der Waals surface area (Å²) < 4.78 is 0. The molecule has 0 bridgehead atoms. The molecular weight excluding hydrogens is 140 g/mol. The van der Waals surface area contributed by atoms with E-state index in [1.54, 1.807) is 4.90 Å². The Kier molecular flexibility index (Phi) is 5.07. The van der Waals surface area contributed by atoms with Crippen molar-refractivity contribution in [1.29, 1.82) is 5.41 Å². The van der Waals surface area contributed by atoms with Gasteiger partial charge in [0.15, 0.2) is 0 Å². The average Bonchev–Trinajstić information content (AvgIpc) is 1.97. The first-order chi connectivity index (χ1) is 5.20. The molecule has 0 aromatic carbocycles. The Morgan fingerprint density at radius 1 is 1.64 bits per heavy atom. The number of Topliss-reactive ketones (excluding diaryl/α,β-unsaturated/α-hetero) is 1. The third kappa shape index (κ3) is 5.33. The van der Waals surface area contributed by atoms with Gasteiger partial charge in [-0.2, -0.15) is 0 Å². The largest absolute Gasteiger partial charge is 0.352 e. The SMILES string of the molecule is C/C=C\CN(C=N)CC(C)=O. The van der Waals surface area contributed by atoms with Gasteiger partial charge in [0.25, 0.3) is 0 Å². The highest BCUT2D eigenvalue weighted by Crippen LogP contribution is 1.84. The van der Waals surface area contributed by atoms with E-state index in [0.717, 1.165) is 0 Å². The fourth-order valence-corrected chi connectivity index (χ4v) is 0.690. The van der Waals surface area contributed by atoms with Crippen molar-refractivity contribution < 1.29 is 4.79 Å². The van der Waals surface area contributed by atoms with Crippen molar-refractivity contribution in [2.45, 2.75) is 13.8 Å². The van der Waals surface area contributed by atoms with Crippen LogP contribution in [0.2, 0.25) is 0 Å². The monoisotopic (exact) mass is 154 g/mol. The van der Waals surface area contributed by atoms with Gasteiger partial charge >= 0.3 is 0 Å². The molecule has 0 aliphatic heterocycles. The van der Waals surface area contributed by atoms with Gasteiger partial charge in [0, 0.05) is 6.54 Å². The lowest BCUT2D eigenvalue weighted by atomic mass is 10.4. The minimum Gasteiger partial charge on any atom is -0.352 e. The van der Waals surface area contributed by atoms with Gasteiger partial charge in [-0.3, -0.25) is 10.2 Å². The molecule has 0 rings (SSSR count). The van der Waals surface area contributed by atoms with E-state index in [-0.39, 0.29) is 5.78 Å². The minimum absolute atomic E-state index is 0.0815. The summed E-state index contributed by atoms with van der Waals surface area (Å²) in [4.78, 5) is 12.2. The summed E-state index contributed by atoms with van der Waals surface area (Å²) >= 11 is 0. The van der Waals surface area contributed by atoms with Gasteiger partial charge in [0.2, 0.25) is 0 Å². The number of carbonyl (C=O) groups excluding carboxylic acids is 1. The molecule has 3 heteroatoms. The predicted octanol–water partition coefficient (Wildman–Crippen LogP) is 1.06. The second-order valence-corrected chi connectivity index (χ2v) is 2.33. The van der Waals surface area contributed by atoms with E-state index >= 15 is 0 Å². The first kappa shape index (κ1) is 9.88. The van der Waals surface area contributed by atoms with Crippen molar-refractivity contribution in [3.8, 4) is 0 Å². The lowest BCUT2D eigenvalue weighted by molar-refractivity contribution is -0.117. The van der Waals surface area contributed by atoms with Crippen molar-refractivity contribution in [2.75, 3.05) is 13.1 Å². The number of nitrogens with zero attached hydrogens (tertiary/aromatic N) is 1. The Labute approximate surface area is 67.2 Å². The molecule has 0 spiro atoms. The smallest absolute Gasteiger partial charge is 0.149 e. The number of carbonyl (C=O) groups is 1. The summed E-state index contributed by atoms with van der Waals surface area (Å²) in [5.41, 5.74) is 0. The summed E-state index contributed by atoms with van der Waals surface area (Å²) in [6, 6.07) is 0. The molecule has 0 unspecified atom stereocenters. The van der Waals surface area contributed by atoms with Crippen LogP contribution < -0.4 is 0 Å². The van der Waals surface area contributed by atoms with Crippen molar-refractivity contribution in [2.24, 2.45) is 0 Å². The molecule has 0 aliphatic rings. The standard InChI is InChI=1S/C8H14N2O/c1-3-4-5-10(7-9)6-8(2)11/h3-4,7,9H,5-6H2,1-2H3/b4-3-,9-7?. The van der Waals surface area contributed by atoms with Gasteiger partial charge in [-0.1, -0.05) is 12.2 Å². The topological polar surface area (TPSA) is 44.2 Å². The van der Waals surface area contributed by atoms with Crippen LogP contribution in [-0.4, -0.2) is 30.1 Å². The van der Waals surface area contributed by atoms with Gasteiger partial charge in [-0.25, -0.2) is 0 Å². The zero-order valence-electron chi connectivity index (χ0n) is 7.00. The number of hydrogen-bond acceptors (Lipinski definition) is 2. The van der Waals surface area contributed by atoms with E-state index in [0.29, 0.717) is 13.1 Å². The molecule has 0 heterocycles. The Bertz CT molecular complexity index is 163. The third-order valence-corrected chi connectivity index (χ3v) is 1.18. The van der Waals surface area contributed by atoms with Crippen molar-refractivity contribution in [3.63, 3.8) is 0 Å².